The van der Waals surface area contributed by atoms with Crippen molar-refractivity contribution in [2.45, 2.75) is 303 Å². The fourth-order valence-corrected chi connectivity index (χ4v) is 10.8. The predicted molar refractivity (Wildman–Crippen MR) is 381 cm³/mol. The summed E-state index contributed by atoms with van der Waals surface area (Å²) < 4.78 is 68.1. The lowest BCUT2D eigenvalue weighted by atomic mass is 10.1. The van der Waals surface area contributed by atoms with Gasteiger partial charge in [0.15, 0.2) is 12.2 Å². The zero-order valence-corrected chi connectivity index (χ0v) is 60.4. The number of aliphatic hydroxyl groups is 1. The molecule has 540 valence electrons. The summed E-state index contributed by atoms with van der Waals surface area (Å²) in [7, 11) is -9.97. The highest BCUT2D eigenvalue weighted by molar-refractivity contribution is 7.47. The van der Waals surface area contributed by atoms with Crippen LogP contribution < -0.4 is 0 Å². The van der Waals surface area contributed by atoms with Gasteiger partial charge in [-0.15, -0.1) is 0 Å². The molecule has 0 rings (SSSR count). The topological polar surface area (TPSA) is 237 Å². The number of carbonyl (C=O) groups is 4. The fraction of sp³-hybridized carbons (Fsp3) is 0.707. The van der Waals surface area contributed by atoms with E-state index < -0.39 is 97.5 Å². The molecule has 0 aliphatic rings. The second-order valence-electron chi connectivity index (χ2n) is 23.8. The van der Waals surface area contributed by atoms with Crippen LogP contribution in [0.4, 0.5) is 0 Å². The Morgan fingerprint density at radius 1 is 0.319 bits per heavy atom. The van der Waals surface area contributed by atoms with Crippen molar-refractivity contribution in [1.82, 2.24) is 0 Å². The highest BCUT2D eigenvalue weighted by atomic mass is 31.2. The van der Waals surface area contributed by atoms with Crippen LogP contribution in [-0.4, -0.2) is 96.7 Å². The molecule has 0 saturated carbocycles. The molecule has 19 heteroatoms. The van der Waals surface area contributed by atoms with Gasteiger partial charge >= 0.3 is 39.5 Å². The third-order valence-electron chi connectivity index (χ3n) is 14.7. The zero-order valence-electron chi connectivity index (χ0n) is 58.6. The number of aliphatic hydroxyl groups excluding tert-OH is 1. The van der Waals surface area contributed by atoms with Gasteiger partial charge in [-0.25, -0.2) is 9.13 Å². The number of unbranched alkanes of at least 4 members (excludes halogenated alkanes) is 24. The summed E-state index contributed by atoms with van der Waals surface area (Å²) in [6.45, 7) is 4.50. The number of hydrogen-bond acceptors (Lipinski definition) is 15. The van der Waals surface area contributed by atoms with Crippen LogP contribution in [0.3, 0.4) is 0 Å². The lowest BCUT2D eigenvalue weighted by Gasteiger charge is -2.21. The molecule has 5 atom stereocenters. The molecule has 0 amide bonds. The van der Waals surface area contributed by atoms with Gasteiger partial charge in [0.1, 0.15) is 19.3 Å². The van der Waals surface area contributed by atoms with E-state index in [0.29, 0.717) is 25.7 Å². The van der Waals surface area contributed by atoms with Gasteiger partial charge in [0.05, 0.1) is 32.8 Å². The molecule has 0 heterocycles. The Kier molecular flexibility index (Phi) is 64.2. The van der Waals surface area contributed by atoms with Crippen molar-refractivity contribution in [1.29, 1.82) is 0 Å². The Morgan fingerprint density at radius 3 is 1.00 bits per heavy atom. The minimum Gasteiger partial charge on any atom is -0.462 e. The van der Waals surface area contributed by atoms with Gasteiger partial charge in [-0.2, -0.15) is 0 Å². The lowest BCUT2D eigenvalue weighted by Crippen LogP contribution is -2.30. The standard InChI is InChI=1S/C75H128O17P2/c1-5-9-13-17-21-25-29-33-34-38-40-44-48-52-56-60-73(78)86-66-71(92-75(80)62-58-54-50-46-42-37-32-28-24-20-16-12-8-4)68-90-94(83,84)88-64-69(76)63-87-93(81,82)89-67-70(91-74(79)61-57-53-49-45-41-36-31-27-23-19-15-11-7-3)65-85-72(77)59-55-51-47-43-39-35-30-26-22-18-14-10-6-2/h9,13,16,20-21,25-28,30-34,40,44,52,56,69-71,76H,5-8,10-12,14-15,17-19,22-24,29,35-39,41-43,45-51,53-55,57-68H2,1-4H3,(H,81,82)(H,83,84)/b13-9-,20-16-,25-21-,30-26-,31-27-,32-28-,34-33-,44-40-,56-52-. The van der Waals surface area contributed by atoms with Crippen molar-refractivity contribution in [3.8, 4) is 0 Å². The number of phosphoric acid groups is 2. The second kappa shape index (κ2) is 67.3. The molecule has 94 heavy (non-hydrogen) atoms. The molecule has 0 spiro atoms. The lowest BCUT2D eigenvalue weighted by molar-refractivity contribution is -0.161. The van der Waals surface area contributed by atoms with Crippen molar-refractivity contribution in [2.75, 3.05) is 39.6 Å². The van der Waals surface area contributed by atoms with Gasteiger partial charge in [0.25, 0.3) is 0 Å². The van der Waals surface area contributed by atoms with Crippen LogP contribution in [-0.2, 0) is 65.4 Å². The fourth-order valence-electron chi connectivity index (χ4n) is 9.20. The van der Waals surface area contributed by atoms with Gasteiger partial charge in [-0.3, -0.25) is 37.3 Å². The number of hydrogen-bond donors (Lipinski definition) is 3. The summed E-state index contributed by atoms with van der Waals surface area (Å²) in [6.07, 6.45) is 69.8. The molecule has 5 unspecified atom stereocenters. The summed E-state index contributed by atoms with van der Waals surface area (Å²) in [6, 6.07) is 0. The largest absolute Gasteiger partial charge is 0.472 e. The number of phosphoric ester groups is 2. The Morgan fingerprint density at radius 2 is 0.617 bits per heavy atom. The predicted octanol–water partition coefficient (Wildman–Crippen LogP) is 20.2. The summed E-state index contributed by atoms with van der Waals surface area (Å²) in [5, 5.41) is 10.6. The first-order chi connectivity index (χ1) is 45.7. The maximum Gasteiger partial charge on any atom is 0.472 e. The number of ether oxygens (including phenoxy) is 4. The minimum absolute atomic E-state index is 0.0575. The zero-order chi connectivity index (χ0) is 69.0. The molecule has 0 aromatic heterocycles. The maximum absolute atomic E-state index is 13.0. The van der Waals surface area contributed by atoms with Crippen molar-refractivity contribution < 1.29 is 80.2 Å². The number of rotatable bonds is 67. The summed E-state index contributed by atoms with van der Waals surface area (Å²) in [4.78, 5) is 72.6. The van der Waals surface area contributed by atoms with E-state index in [0.717, 1.165) is 154 Å². The monoisotopic (exact) mass is 1360 g/mol. The van der Waals surface area contributed by atoms with Crippen LogP contribution in [0.15, 0.2) is 109 Å². The summed E-state index contributed by atoms with van der Waals surface area (Å²) in [5.41, 5.74) is 0. The third-order valence-corrected chi connectivity index (χ3v) is 16.6. The molecule has 3 N–H and O–H groups in total. The Balaban J connectivity index is 5.42. The van der Waals surface area contributed by atoms with E-state index in [1.165, 1.54) is 51.4 Å². The molecule has 0 radical (unpaired) electrons. The highest BCUT2D eigenvalue weighted by Gasteiger charge is 2.30. The number of carbonyl (C=O) groups excluding carboxylic acids is 4. The number of esters is 4. The van der Waals surface area contributed by atoms with Gasteiger partial charge in [-0.05, 0) is 128 Å². The molecule has 0 aromatic carbocycles. The quantitative estimate of drug-likeness (QED) is 0.0169. The van der Waals surface area contributed by atoms with Gasteiger partial charge in [-0.1, -0.05) is 240 Å². The van der Waals surface area contributed by atoms with E-state index >= 15 is 0 Å². The van der Waals surface area contributed by atoms with Crippen LogP contribution in [0.2, 0.25) is 0 Å². The van der Waals surface area contributed by atoms with E-state index in [2.05, 4.69) is 113 Å². The highest BCUT2D eigenvalue weighted by Crippen LogP contribution is 2.45. The van der Waals surface area contributed by atoms with Crippen LogP contribution in [0.1, 0.15) is 285 Å². The average molecular weight is 1360 g/mol. The number of allylic oxidation sites excluding steroid dienone is 17. The van der Waals surface area contributed by atoms with Crippen LogP contribution in [0.25, 0.3) is 0 Å². The van der Waals surface area contributed by atoms with Crippen molar-refractivity contribution >= 4 is 39.5 Å². The molecule has 17 nitrogen and oxygen atoms in total. The molecule has 0 bridgehead atoms. The minimum atomic E-state index is -4.99. The van der Waals surface area contributed by atoms with Crippen molar-refractivity contribution in [3.63, 3.8) is 0 Å². The first kappa shape index (κ1) is 89.7. The molecule has 0 aromatic rings. The molecule has 0 fully saturated rings. The van der Waals surface area contributed by atoms with Crippen molar-refractivity contribution in [2.24, 2.45) is 0 Å². The second-order valence-corrected chi connectivity index (χ2v) is 26.7. The van der Waals surface area contributed by atoms with Crippen LogP contribution in [0.5, 0.6) is 0 Å². The van der Waals surface area contributed by atoms with E-state index in [1.807, 2.05) is 18.2 Å². The smallest absolute Gasteiger partial charge is 0.462 e. The van der Waals surface area contributed by atoms with Crippen molar-refractivity contribution in [3.05, 3.63) is 109 Å². The van der Waals surface area contributed by atoms with E-state index in [1.54, 1.807) is 6.08 Å². The Hall–Kier alpha value is -4.28. The molecule has 0 aliphatic heterocycles. The van der Waals surface area contributed by atoms with Gasteiger partial charge in [0, 0.05) is 19.3 Å². The Bertz CT molecular complexity index is 2220. The maximum atomic E-state index is 13.0. The van der Waals surface area contributed by atoms with Gasteiger partial charge < -0.3 is 33.8 Å². The van der Waals surface area contributed by atoms with Crippen LogP contribution in [0, 0.1) is 0 Å². The van der Waals surface area contributed by atoms with Crippen LogP contribution >= 0.6 is 15.6 Å². The first-order valence-electron chi connectivity index (χ1n) is 36.1. The third kappa shape index (κ3) is 66.3. The molecular weight excluding hydrogens is 1230 g/mol. The SMILES string of the molecule is CC/C=C\C/C=C\C/C=C\C/C=C\C/C=C\CC(=O)OCC(COP(=O)(O)OCC(O)COP(=O)(O)OCC(COC(=O)CCCCCCC/C=C\CCCCCC)OC(=O)CCCCCCC/C=C\CCCCCC)OC(=O)CCCCCCC/C=C\C/C=C\CCC. The van der Waals surface area contributed by atoms with E-state index in [4.69, 9.17) is 37.0 Å². The normalized spacial score (nSPS) is 14.7. The van der Waals surface area contributed by atoms with E-state index in [9.17, 15) is 43.2 Å². The van der Waals surface area contributed by atoms with Gasteiger partial charge in [0.2, 0.25) is 0 Å². The first-order valence-corrected chi connectivity index (χ1v) is 39.1. The molecular formula is C75H128O17P2. The Labute approximate surface area is 569 Å². The average Bonchev–Trinajstić information content (AvgIpc) is 1.67. The van der Waals surface area contributed by atoms with E-state index in [-0.39, 0.29) is 25.7 Å². The molecule has 0 aliphatic carbocycles. The molecule has 0 saturated heterocycles. The summed E-state index contributed by atoms with van der Waals surface area (Å²) in [5.74, 6) is -2.36. The summed E-state index contributed by atoms with van der Waals surface area (Å²) >= 11 is 0.